The fourth-order valence-electron chi connectivity index (χ4n) is 2.31. The van der Waals surface area contributed by atoms with E-state index in [0.717, 1.165) is 16.4 Å². The van der Waals surface area contributed by atoms with Crippen molar-refractivity contribution < 1.29 is 9.47 Å². The van der Waals surface area contributed by atoms with Crippen molar-refractivity contribution in [3.63, 3.8) is 0 Å². The summed E-state index contributed by atoms with van der Waals surface area (Å²) in [5, 5.41) is 11.3. The maximum absolute atomic E-state index is 11.9. The van der Waals surface area contributed by atoms with Crippen LogP contribution < -0.4 is 15.0 Å². The number of nitrogens with zero attached hydrogens (tertiary/aromatic N) is 3. The minimum absolute atomic E-state index is 0.0714. The zero-order valence-corrected chi connectivity index (χ0v) is 16.9. The fourth-order valence-corrected chi connectivity index (χ4v) is 2.97. The van der Waals surface area contributed by atoms with Crippen molar-refractivity contribution in [2.75, 3.05) is 7.11 Å². The number of halogens is 2. The molecule has 0 aliphatic heterocycles. The summed E-state index contributed by atoms with van der Waals surface area (Å²) in [5.41, 5.74) is 0.883. The average molecular weight is 437 g/mol. The summed E-state index contributed by atoms with van der Waals surface area (Å²) in [4.78, 5) is 11.9. The smallest absolute Gasteiger partial charge is 0.293 e. The molecule has 0 radical (unpaired) electrons. The molecule has 1 heterocycles. The predicted octanol–water partition coefficient (Wildman–Crippen LogP) is 4.08. The van der Waals surface area contributed by atoms with E-state index in [1.54, 1.807) is 36.4 Å². The molecule has 0 aliphatic rings. The third kappa shape index (κ3) is 4.59. The monoisotopic (exact) mass is 436 g/mol. The summed E-state index contributed by atoms with van der Waals surface area (Å²) < 4.78 is 12.4. The molecule has 1 aromatic heterocycles. The van der Waals surface area contributed by atoms with Crippen LogP contribution in [0.4, 0.5) is 0 Å². The second kappa shape index (κ2) is 9.01. The Morgan fingerprint density at radius 3 is 2.86 bits per heavy atom. The van der Waals surface area contributed by atoms with Crippen molar-refractivity contribution in [3.8, 4) is 11.5 Å². The average Bonchev–Trinajstić information content (AvgIpc) is 2.67. The van der Waals surface area contributed by atoms with Crippen molar-refractivity contribution in [1.29, 1.82) is 0 Å². The van der Waals surface area contributed by atoms with Crippen LogP contribution in [0.5, 0.6) is 11.5 Å². The van der Waals surface area contributed by atoms with Crippen molar-refractivity contribution in [1.82, 2.24) is 14.9 Å². The Bertz CT molecular complexity index is 1120. The summed E-state index contributed by atoms with van der Waals surface area (Å²) in [6, 6.07) is 10.4. The largest absolute Gasteiger partial charge is 0.493 e. The van der Waals surface area contributed by atoms with Crippen molar-refractivity contribution in [2.24, 2.45) is 5.10 Å². The van der Waals surface area contributed by atoms with E-state index in [2.05, 4.69) is 15.3 Å². The lowest BCUT2D eigenvalue weighted by Gasteiger charge is -2.14. The van der Waals surface area contributed by atoms with Crippen LogP contribution in [0.1, 0.15) is 11.1 Å². The van der Waals surface area contributed by atoms with Crippen LogP contribution in [0.2, 0.25) is 10.0 Å². The number of aromatic nitrogens is 3. The van der Waals surface area contributed by atoms with Crippen LogP contribution >= 0.6 is 35.4 Å². The van der Waals surface area contributed by atoms with Crippen LogP contribution in [0, 0.1) is 4.77 Å². The topological polar surface area (TPSA) is 81.5 Å². The van der Waals surface area contributed by atoms with E-state index in [4.69, 9.17) is 44.9 Å². The number of rotatable bonds is 6. The van der Waals surface area contributed by atoms with E-state index in [1.807, 2.05) is 0 Å². The molecule has 2 aromatic carbocycles. The maximum atomic E-state index is 11.9. The molecule has 28 heavy (non-hydrogen) atoms. The molecule has 3 aromatic rings. The molecule has 0 unspecified atom stereocenters. The molecule has 0 bridgehead atoms. The summed E-state index contributed by atoms with van der Waals surface area (Å²) in [6.45, 7) is 0.187. The lowest BCUT2D eigenvalue weighted by atomic mass is 10.2. The fraction of sp³-hybridized carbons (Fsp3) is 0.111. The third-order valence-corrected chi connectivity index (χ3v) is 4.52. The number of benzene rings is 2. The van der Waals surface area contributed by atoms with Gasteiger partial charge in [-0.3, -0.25) is 9.89 Å². The first-order valence-corrected chi connectivity index (χ1v) is 9.11. The Hall–Kier alpha value is -2.68. The van der Waals surface area contributed by atoms with Gasteiger partial charge in [0.2, 0.25) is 4.77 Å². The van der Waals surface area contributed by atoms with Gasteiger partial charge in [-0.2, -0.15) is 14.9 Å². The van der Waals surface area contributed by atoms with Gasteiger partial charge in [-0.15, -0.1) is 0 Å². The highest BCUT2D eigenvalue weighted by Crippen LogP contribution is 2.32. The number of ether oxygens (including phenoxy) is 2. The normalized spacial score (nSPS) is 11.0. The first-order chi connectivity index (χ1) is 13.5. The molecule has 3 rings (SSSR count). The molecule has 10 heteroatoms. The van der Waals surface area contributed by atoms with Crippen LogP contribution in [0.25, 0.3) is 0 Å². The molecule has 7 nitrogen and oxygen atoms in total. The standard InChI is InChI=1S/C18H14Cl2N4O3S/c1-26-15-4-2-3-11(8-22-24-16(25)9-21-23-18(24)28)17(15)27-10-12-5-6-13(19)7-14(12)20/h2-9H,10H2,1H3,(H,23,28)/b22-8+. The van der Waals surface area contributed by atoms with E-state index in [-0.39, 0.29) is 11.4 Å². The van der Waals surface area contributed by atoms with Gasteiger partial charge in [0, 0.05) is 21.2 Å². The van der Waals surface area contributed by atoms with E-state index >= 15 is 0 Å². The minimum Gasteiger partial charge on any atom is -0.493 e. The highest BCUT2D eigenvalue weighted by molar-refractivity contribution is 7.71. The molecule has 0 saturated heterocycles. The first kappa shape index (κ1) is 20.1. The third-order valence-electron chi connectivity index (χ3n) is 3.66. The molecular weight excluding hydrogens is 423 g/mol. The van der Waals surface area contributed by atoms with Crippen LogP contribution in [0.3, 0.4) is 0 Å². The number of nitrogens with one attached hydrogen (secondary N) is 1. The molecule has 0 aliphatic carbocycles. The Kier molecular flexibility index (Phi) is 6.45. The zero-order chi connectivity index (χ0) is 20.1. The van der Waals surface area contributed by atoms with Crippen molar-refractivity contribution in [3.05, 3.63) is 78.9 Å². The van der Waals surface area contributed by atoms with Gasteiger partial charge >= 0.3 is 0 Å². The number of hydrogen-bond acceptors (Lipinski definition) is 6. The Morgan fingerprint density at radius 1 is 1.32 bits per heavy atom. The molecule has 0 fully saturated rings. The Labute approximate surface area is 175 Å². The molecule has 1 N–H and O–H groups in total. The Balaban J connectivity index is 1.93. The first-order valence-electron chi connectivity index (χ1n) is 7.94. The van der Waals surface area contributed by atoms with Crippen LogP contribution in [0.15, 0.2) is 52.5 Å². The molecule has 0 atom stereocenters. The van der Waals surface area contributed by atoms with Gasteiger partial charge in [0.25, 0.3) is 5.56 Å². The summed E-state index contributed by atoms with van der Waals surface area (Å²) >= 11 is 17.2. The van der Waals surface area contributed by atoms with E-state index in [9.17, 15) is 4.79 Å². The number of aromatic amines is 1. The van der Waals surface area contributed by atoms with Crippen LogP contribution in [-0.2, 0) is 6.61 Å². The molecule has 0 saturated carbocycles. The quantitative estimate of drug-likeness (QED) is 0.464. The summed E-state index contributed by atoms with van der Waals surface area (Å²) in [5.74, 6) is 0.943. The molecular formula is C18H14Cl2N4O3S. The van der Waals surface area contributed by atoms with Crippen molar-refractivity contribution in [2.45, 2.75) is 6.61 Å². The summed E-state index contributed by atoms with van der Waals surface area (Å²) in [6.07, 6.45) is 2.53. The van der Waals surface area contributed by atoms with Gasteiger partial charge in [-0.25, -0.2) is 0 Å². The van der Waals surface area contributed by atoms with Gasteiger partial charge < -0.3 is 9.47 Å². The van der Waals surface area contributed by atoms with Gasteiger partial charge in [-0.05, 0) is 36.5 Å². The second-order valence-corrected chi connectivity index (χ2v) is 6.70. The number of methoxy groups -OCH3 is 1. The lowest BCUT2D eigenvalue weighted by Crippen LogP contribution is -2.18. The zero-order valence-electron chi connectivity index (χ0n) is 14.6. The Morgan fingerprint density at radius 2 is 2.14 bits per heavy atom. The van der Waals surface area contributed by atoms with Gasteiger partial charge in [-0.1, -0.05) is 35.3 Å². The summed E-state index contributed by atoms with van der Waals surface area (Å²) in [7, 11) is 1.53. The lowest BCUT2D eigenvalue weighted by molar-refractivity contribution is 0.284. The molecule has 144 valence electrons. The van der Waals surface area contributed by atoms with Crippen molar-refractivity contribution >= 4 is 41.6 Å². The molecule has 0 amide bonds. The van der Waals surface area contributed by atoms with Gasteiger partial charge in [0.05, 0.1) is 13.3 Å². The maximum Gasteiger partial charge on any atom is 0.293 e. The highest BCUT2D eigenvalue weighted by atomic mass is 35.5. The number of H-pyrrole nitrogens is 1. The van der Waals surface area contributed by atoms with Gasteiger partial charge in [0.1, 0.15) is 12.8 Å². The van der Waals surface area contributed by atoms with Crippen LogP contribution in [-0.4, -0.2) is 28.2 Å². The second-order valence-electron chi connectivity index (χ2n) is 5.47. The SMILES string of the molecule is COc1cccc(/C=N/n2c(=O)cn[nH]c2=S)c1OCc1ccc(Cl)cc1Cl. The van der Waals surface area contributed by atoms with E-state index in [1.165, 1.54) is 13.3 Å². The number of para-hydroxylation sites is 1. The minimum atomic E-state index is -0.460. The van der Waals surface area contributed by atoms with E-state index < -0.39 is 5.56 Å². The highest BCUT2D eigenvalue weighted by Gasteiger charge is 2.11. The number of hydrogen-bond donors (Lipinski definition) is 1. The predicted molar refractivity (Wildman–Crippen MR) is 110 cm³/mol. The van der Waals surface area contributed by atoms with E-state index in [0.29, 0.717) is 27.1 Å². The van der Waals surface area contributed by atoms with Gasteiger partial charge in [0.15, 0.2) is 11.5 Å². The molecule has 0 spiro atoms.